The van der Waals surface area contributed by atoms with Crippen LogP contribution in [0.5, 0.6) is 5.75 Å². The van der Waals surface area contributed by atoms with Gasteiger partial charge in [-0.1, -0.05) is 6.07 Å². The number of amides is 2. The van der Waals surface area contributed by atoms with E-state index in [0.29, 0.717) is 17.1 Å². The van der Waals surface area contributed by atoms with Crippen molar-refractivity contribution in [2.75, 3.05) is 17.2 Å². The summed E-state index contributed by atoms with van der Waals surface area (Å²) in [4.78, 5) is 23.2. The van der Waals surface area contributed by atoms with Crippen molar-refractivity contribution in [3.63, 3.8) is 0 Å². The molecule has 0 atom stereocenters. The zero-order chi connectivity index (χ0) is 20.7. The number of ether oxygens (including phenoxy) is 1. The van der Waals surface area contributed by atoms with Crippen LogP contribution in [0.4, 0.5) is 11.4 Å². The van der Waals surface area contributed by atoms with E-state index in [-0.39, 0.29) is 23.5 Å². The third-order valence-electron chi connectivity index (χ3n) is 3.36. The lowest BCUT2D eigenvalue weighted by molar-refractivity contribution is -0.118. The Hall–Kier alpha value is -2.91. The van der Waals surface area contributed by atoms with E-state index >= 15 is 0 Å². The zero-order valence-corrected chi connectivity index (χ0v) is 16.7. The smallest absolute Gasteiger partial charge is 0.262 e. The molecule has 0 aliphatic carbocycles. The first-order chi connectivity index (χ1) is 13.2. The van der Waals surface area contributed by atoms with Crippen LogP contribution in [0.2, 0.25) is 0 Å². The molecule has 8 nitrogen and oxygen atoms in total. The molecule has 28 heavy (non-hydrogen) atoms. The summed E-state index contributed by atoms with van der Waals surface area (Å²) >= 11 is 0. The van der Waals surface area contributed by atoms with E-state index < -0.39 is 15.9 Å². The van der Waals surface area contributed by atoms with Crippen LogP contribution in [0.25, 0.3) is 0 Å². The molecule has 3 N–H and O–H groups in total. The Kier molecular flexibility index (Phi) is 7.13. The molecule has 2 aromatic carbocycles. The quantitative estimate of drug-likeness (QED) is 0.624. The van der Waals surface area contributed by atoms with Gasteiger partial charge in [-0.3, -0.25) is 9.59 Å². The first-order valence-corrected chi connectivity index (χ1v) is 10.1. The Morgan fingerprint density at radius 2 is 1.61 bits per heavy atom. The van der Waals surface area contributed by atoms with Gasteiger partial charge in [0.2, 0.25) is 15.9 Å². The summed E-state index contributed by atoms with van der Waals surface area (Å²) in [5.41, 5.74) is 1.08. The van der Waals surface area contributed by atoms with Crippen molar-refractivity contribution >= 4 is 33.2 Å². The average Bonchev–Trinajstić information content (AvgIpc) is 2.59. The van der Waals surface area contributed by atoms with Crippen molar-refractivity contribution in [2.45, 2.75) is 31.7 Å². The topological polar surface area (TPSA) is 114 Å². The molecule has 150 valence electrons. The molecule has 0 fully saturated rings. The van der Waals surface area contributed by atoms with Gasteiger partial charge in [-0.05, 0) is 56.3 Å². The zero-order valence-electron chi connectivity index (χ0n) is 15.9. The maximum absolute atomic E-state index is 12.1. The maximum atomic E-state index is 12.1. The van der Waals surface area contributed by atoms with Gasteiger partial charge in [0.05, 0.1) is 4.90 Å². The largest absolute Gasteiger partial charge is 0.484 e. The van der Waals surface area contributed by atoms with Crippen molar-refractivity contribution in [3.8, 4) is 5.75 Å². The molecule has 0 unspecified atom stereocenters. The lowest BCUT2D eigenvalue weighted by Crippen LogP contribution is -2.30. The first kappa shape index (κ1) is 21.4. The SMILES string of the molecule is CC(=O)Nc1cccc(NC(=O)COc2ccc(S(=O)(=O)NC(C)C)cc2)c1. The van der Waals surface area contributed by atoms with E-state index in [2.05, 4.69) is 15.4 Å². The van der Waals surface area contributed by atoms with Crippen LogP contribution in [0.1, 0.15) is 20.8 Å². The number of carbonyl (C=O) groups is 2. The van der Waals surface area contributed by atoms with Gasteiger partial charge in [-0.15, -0.1) is 0 Å². The van der Waals surface area contributed by atoms with Gasteiger partial charge < -0.3 is 15.4 Å². The van der Waals surface area contributed by atoms with Gasteiger partial charge >= 0.3 is 0 Å². The molecule has 0 heterocycles. The van der Waals surface area contributed by atoms with Crippen LogP contribution in [0.15, 0.2) is 53.4 Å². The number of anilines is 2. The lowest BCUT2D eigenvalue weighted by Gasteiger charge is -2.11. The molecule has 2 aromatic rings. The Morgan fingerprint density at radius 1 is 1.00 bits per heavy atom. The van der Waals surface area contributed by atoms with Gasteiger partial charge in [0, 0.05) is 24.3 Å². The molecule has 0 saturated carbocycles. The van der Waals surface area contributed by atoms with Crippen molar-refractivity contribution in [3.05, 3.63) is 48.5 Å². The molecule has 0 saturated heterocycles. The summed E-state index contributed by atoms with van der Waals surface area (Å²) in [6.45, 7) is 4.62. The van der Waals surface area contributed by atoms with Gasteiger partial charge in [-0.25, -0.2) is 13.1 Å². The monoisotopic (exact) mass is 405 g/mol. The number of sulfonamides is 1. The Labute approximate surface area is 164 Å². The van der Waals surface area contributed by atoms with Crippen LogP contribution in [0, 0.1) is 0 Å². The summed E-state index contributed by atoms with van der Waals surface area (Å²) in [5.74, 6) is -0.232. The van der Waals surface area contributed by atoms with Crippen molar-refractivity contribution < 1.29 is 22.7 Å². The van der Waals surface area contributed by atoms with Crippen LogP contribution in [-0.2, 0) is 19.6 Å². The summed E-state index contributed by atoms with van der Waals surface area (Å²) in [6.07, 6.45) is 0. The molecule has 0 bridgehead atoms. The number of nitrogens with one attached hydrogen (secondary N) is 3. The fourth-order valence-corrected chi connectivity index (χ4v) is 3.57. The molecule has 2 rings (SSSR count). The number of benzene rings is 2. The van der Waals surface area contributed by atoms with E-state index in [4.69, 9.17) is 4.74 Å². The Morgan fingerprint density at radius 3 is 2.18 bits per heavy atom. The van der Waals surface area contributed by atoms with Crippen LogP contribution in [0.3, 0.4) is 0 Å². The second-order valence-corrected chi connectivity index (χ2v) is 8.06. The molecule has 0 aliphatic rings. The van der Waals surface area contributed by atoms with E-state index in [1.165, 1.54) is 31.2 Å². The number of carbonyl (C=O) groups excluding carboxylic acids is 2. The van der Waals surface area contributed by atoms with Crippen LogP contribution < -0.4 is 20.1 Å². The van der Waals surface area contributed by atoms with Gasteiger partial charge in [0.25, 0.3) is 5.91 Å². The maximum Gasteiger partial charge on any atom is 0.262 e. The molecular formula is C19H23N3O5S. The highest BCUT2D eigenvalue weighted by molar-refractivity contribution is 7.89. The minimum absolute atomic E-state index is 0.118. The highest BCUT2D eigenvalue weighted by atomic mass is 32.2. The summed E-state index contributed by atoms with van der Waals surface area (Å²) in [6, 6.07) is 12.3. The minimum atomic E-state index is -3.58. The van der Waals surface area contributed by atoms with Crippen molar-refractivity contribution in [1.29, 1.82) is 0 Å². The highest BCUT2D eigenvalue weighted by Gasteiger charge is 2.15. The third kappa shape index (κ3) is 6.67. The Bertz CT molecular complexity index is 940. The highest BCUT2D eigenvalue weighted by Crippen LogP contribution is 2.17. The van der Waals surface area contributed by atoms with Gasteiger partial charge in [0.15, 0.2) is 6.61 Å². The summed E-state index contributed by atoms with van der Waals surface area (Å²) in [5, 5.41) is 5.29. The van der Waals surface area contributed by atoms with Crippen LogP contribution in [-0.4, -0.2) is 32.9 Å². The van der Waals surface area contributed by atoms with Gasteiger partial charge in [0.1, 0.15) is 5.75 Å². The second kappa shape index (κ2) is 9.34. The molecular weight excluding hydrogens is 382 g/mol. The van der Waals surface area contributed by atoms with Crippen molar-refractivity contribution in [2.24, 2.45) is 0 Å². The third-order valence-corrected chi connectivity index (χ3v) is 5.04. The van der Waals surface area contributed by atoms with E-state index in [1.54, 1.807) is 38.1 Å². The fraction of sp³-hybridized carbons (Fsp3) is 0.263. The Balaban J connectivity index is 1.92. The van der Waals surface area contributed by atoms with Crippen molar-refractivity contribution in [1.82, 2.24) is 4.72 Å². The molecule has 9 heteroatoms. The van der Waals surface area contributed by atoms with E-state index in [0.717, 1.165) is 0 Å². The number of hydrogen-bond acceptors (Lipinski definition) is 5. The number of hydrogen-bond donors (Lipinski definition) is 3. The standard InChI is InChI=1S/C19H23N3O5S/c1-13(2)22-28(25,26)18-9-7-17(8-10-18)27-12-19(24)21-16-6-4-5-15(11-16)20-14(3)23/h4-11,13,22H,12H2,1-3H3,(H,20,23)(H,21,24). The number of rotatable bonds is 8. The first-order valence-electron chi connectivity index (χ1n) is 8.58. The molecule has 0 radical (unpaired) electrons. The van der Waals surface area contributed by atoms with Gasteiger partial charge in [-0.2, -0.15) is 0 Å². The van der Waals surface area contributed by atoms with E-state index in [1.807, 2.05) is 0 Å². The molecule has 0 aromatic heterocycles. The summed E-state index contributed by atoms with van der Waals surface area (Å²) in [7, 11) is -3.58. The normalized spacial score (nSPS) is 11.1. The fourth-order valence-electron chi connectivity index (χ4n) is 2.32. The van der Waals surface area contributed by atoms with E-state index in [9.17, 15) is 18.0 Å². The molecule has 0 spiro atoms. The molecule has 0 aliphatic heterocycles. The van der Waals surface area contributed by atoms with Crippen LogP contribution >= 0.6 is 0 Å². The second-order valence-electron chi connectivity index (χ2n) is 6.35. The predicted molar refractivity (Wildman–Crippen MR) is 107 cm³/mol. The lowest BCUT2D eigenvalue weighted by atomic mass is 10.2. The molecule has 2 amide bonds. The average molecular weight is 405 g/mol. The summed E-state index contributed by atoms with van der Waals surface area (Å²) < 4.78 is 32.0. The minimum Gasteiger partial charge on any atom is -0.484 e. The predicted octanol–water partition coefficient (Wildman–Crippen LogP) is 2.35.